The van der Waals surface area contributed by atoms with Crippen molar-refractivity contribution in [3.63, 3.8) is 0 Å². The largest absolute Gasteiger partial charge is 0.493 e. The Hall–Kier alpha value is -2.73. The highest BCUT2D eigenvalue weighted by atomic mass is 16.5. The molecule has 1 aliphatic heterocycles. The molecule has 0 aromatic heterocycles. The van der Waals surface area contributed by atoms with Gasteiger partial charge < -0.3 is 24.4 Å². The first-order valence-electron chi connectivity index (χ1n) is 8.71. The van der Waals surface area contributed by atoms with Gasteiger partial charge in [-0.1, -0.05) is 30.3 Å². The van der Waals surface area contributed by atoms with E-state index in [4.69, 9.17) is 14.2 Å². The molecule has 0 unspecified atom stereocenters. The lowest BCUT2D eigenvalue weighted by Gasteiger charge is -2.30. The van der Waals surface area contributed by atoms with E-state index in [1.807, 2.05) is 30.3 Å². The lowest BCUT2D eigenvalue weighted by molar-refractivity contribution is -0.123. The van der Waals surface area contributed by atoms with E-state index in [0.717, 1.165) is 37.6 Å². The maximum absolute atomic E-state index is 12.2. The second-order valence-electron chi connectivity index (χ2n) is 5.94. The zero-order valence-corrected chi connectivity index (χ0v) is 14.9. The van der Waals surface area contributed by atoms with Crippen LogP contribution in [-0.2, 0) is 16.1 Å². The lowest BCUT2D eigenvalue weighted by atomic mass is 10.1. The van der Waals surface area contributed by atoms with Gasteiger partial charge in [0.1, 0.15) is 0 Å². The molecule has 1 aliphatic rings. The monoisotopic (exact) mass is 356 g/mol. The molecule has 26 heavy (non-hydrogen) atoms. The highest BCUT2D eigenvalue weighted by molar-refractivity contribution is 5.77. The summed E-state index contributed by atoms with van der Waals surface area (Å²) in [5.41, 5.74) is 2.22. The number of ether oxygens (including phenoxy) is 3. The van der Waals surface area contributed by atoms with E-state index in [0.29, 0.717) is 18.0 Å². The molecule has 0 saturated carbocycles. The SMILES string of the molecule is COc1ccccc1OCC(=O)NCc1ccccc1N1CCOCC1. The number of anilines is 1. The Kier molecular flexibility index (Phi) is 6.33. The third-order valence-corrected chi connectivity index (χ3v) is 4.25. The predicted octanol–water partition coefficient (Wildman–Crippen LogP) is 2.23. The summed E-state index contributed by atoms with van der Waals surface area (Å²) in [5, 5.41) is 2.92. The zero-order chi connectivity index (χ0) is 18.2. The molecule has 0 atom stereocenters. The van der Waals surface area contributed by atoms with Crippen molar-refractivity contribution in [2.75, 3.05) is 44.9 Å². The van der Waals surface area contributed by atoms with Crippen LogP contribution in [0.15, 0.2) is 48.5 Å². The summed E-state index contributed by atoms with van der Waals surface area (Å²) < 4.78 is 16.2. The van der Waals surface area contributed by atoms with Crippen LogP contribution in [0.2, 0.25) is 0 Å². The van der Waals surface area contributed by atoms with Gasteiger partial charge in [-0.25, -0.2) is 0 Å². The van der Waals surface area contributed by atoms with Gasteiger partial charge in [-0.15, -0.1) is 0 Å². The summed E-state index contributed by atoms with van der Waals surface area (Å²) in [5.74, 6) is 0.990. The maximum Gasteiger partial charge on any atom is 0.258 e. The molecule has 138 valence electrons. The van der Waals surface area contributed by atoms with Crippen LogP contribution in [0.3, 0.4) is 0 Å². The molecule has 6 heteroatoms. The number of rotatable bonds is 7. The highest BCUT2D eigenvalue weighted by Gasteiger charge is 2.15. The Labute approximate surface area is 153 Å². The number of nitrogens with one attached hydrogen (secondary N) is 1. The average molecular weight is 356 g/mol. The summed E-state index contributed by atoms with van der Waals surface area (Å²) in [6, 6.07) is 15.4. The van der Waals surface area contributed by atoms with Gasteiger partial charge in [0.2, 0.25) is 0 Å². The Morgan fingerprint density at radius 2 is 1.77 bits per heavy atom. The van der Waals surface area contributed by atoms with Gasteiger partial charge in [0.25, 0.3) is 5.91 Å². The molecule has 6 nitrogen and oxygen atoms in total. The van der Waals surface area contributed by atoms with E-state index in [-0.39, 0.29) is 12.5 Å². The van der Waals surface area contributed by atoms with Crippen molar-refractivity contribution in [2.24, 2.45) is 0 Å². The minimum absolute atomic E-state index is 0.0555. The molecule has 1 saturated heterocycles. The van der Waals surface area contributed by atoms with Crippen LogP contribution in [0.5, 0.6) is 11.5 Å². The smallest absolute Gasteiger partial charge is 0.258 e. The van der Waals surface area contributed by atoms with E-state index >= 15 is 0 Å². The average Bonchev–Trinajstić information content (AvgIpc) is 2.71. The molecule has 1 heterocycles. The first-order valence-corrected chi connectivity index (χ1v) is 8.71. The van der Waals surface area contributed by atoms with Gasteiger partial charge >= 0.3 is 0 Å². The van der Waals surface area contributed by atoms with Crippen molar-refractivity contribution in [1.82, 2.24) is 5.32 Å². The number of nitrogens with zero attached hydrogens (tertiary/aromatic N) is 1. The van der Waals surface area contributed by atoms with Crippen LogP contribution in [0, 0.1) is 0 Å². The van der Waals surface area contributed by atoms with Gasteiger partial charge in [0.05, 0.1) is 20.3 Å². The van der Waals surface area contributed by atoms with Crippen molar-refractivity contribution in [3.05, 3.63) is 54.1 Å². The predicted molar refractivity (Wildman–Crippen MR) is 99.8 cm³/mol. The fourth-order valence-electron chi connectivity index (χ4n) is 2.90. The molecular formula is C20H24N2O4. The van der Waals surface area contributed by atoms with Gasteiger partial charge in [-0.2, -0.15) is 0 Å². The van der Waals surface area contributed by atoms with Gasteiger partial charge in [0, 0.05) is 25.3 Å². The first-order chi connectivity index (χ1) is 12.8. The van der Waals surface area contributed by atoms with E-state index in [9.17, 15) is 4.79 Å². The standard InChI is InChI=1S/C20H24N2O4/c1-24-18-8-4-5-9-19(18)26-15-20(23)21-14-16-6-2-3-7-17(16)22-10-12-25-13-11-22/h2-9H,10-15H2,1H3,(H,21,23). The third kappa shape index (κ3) is 4.67. The molecular weight excluding hydrogens is 332 g/mol. The van der Waals surface area contributed by atoms with Crippen LogP contribution >= 0.6 is 0 Å². The quantitative estimate of drug-likeness (QED) is 0.824. The third-order valence-electron chi connectivity index (χ3n) is 4.25. The molecule has 0 spiro atoms. The summed E-state index contributed by atoms with van der Waals surface area (Å²) >= 11 is 0. The lowest BCUT2D eigenvalue weighted by Crippen LogP contribution is -2.37. The summed E-state index contributed by atoms with van der Waals surface area (Å²) in [4.78, 5) is 14.5. The molecule has 2 aromatic rings. The van der Waals surface area contributed by atoms with Crippen LogP contribution in [0.1, 0.15) is 5.56 Å². The van der Waals surface area contributed by atoms with Crippen molar-refractivity contribution < 1.29 is 19.0 Å². The number of benzene rings is 2. The number of para-hydroxylation sites is 3. The van der Waals surface area contributed by atoms with Crippen molar-refractivity contribution in [2.45, 2.75) is 6.54 Å². The Morgan fingerprint density at radius 1 is 1.08 bits per heavy atom. The van der Waals surface area contributed by atoms with Crippen molar-refractivity contribution >= 4 is 11.6 Å². The fourth-order valence-corrected chi connectivity index (χ4v) is 2.90. The second kappa shape index (κ2) is 9.10. The van der Waals surface area contributed by atoms with Gasteiger partial charge in [-0.3, -0.25) is 4.79 Å². The Morgan fingerprint density at radius 3 is 2.54 bits per heavy atom. The number of morpholine rings is 1. The van der Waals surface area contributed by atoms with Crippen LogP contribution < -0.4 is 19.7 Å². The molecule has 1 amide bonds. The molecule has 0 aliphatic carbocycles. The van der Waals surface area contributed by atoms with Crippen molar-refractivity contribution in [3.8, 4) is 11.5 Å². The minimum atomic E-state index is -0.173. The van der Waals surface area contributed by atoms with Crippen LogP contribution in [0.4, 0.5) is 5.69 Å². The van der Waals surface area contributed by atoms with Crippen molar-refractivity contribution in [1.29, 1.82) is 0 Å². The molecule has 2 aromatic carbocycles. The topological polar surface area (TPSA) is 60.0 Å². The Balaban J connectivity index is 1.55. The number of carbonyl (C=O) groups is 1. The molecule has 1 N–H and O–H groups in total. The second-order valence-corrected chi connectivity index (χ2v) is 5.94. The normalized spacial score (nSPS) is 14.0. The molecule has 0 radical (unpaired) electrons. The van der Waals surface area contributed by atoms with Gasteiger partial charge in [0.15, 0.2) is 18.1 Å². The van der Waals surface area contributed by atoms with E-state index in [1.165, 1.54) is 0 Å². The number of carbonyl (C=O) groups excluding carboxylic acids is 1. The zero-order valence-electron chi connectivity index (χ0n) is 14.9. The first kappa shape index (κ1) is 18.1. The van der Waals surface area contributed by atoms with E-state index in [1.54, 1.807) is 19.2 Å². The fraction of sp³-hybridized carbons (Fsp3) is 0.350. The maximum atomic E-state index is 12.2. The van der Waals surface area contributed by atoms with E-state index in [2.05, 4.69) is 16.3 Å². The summed E-state index contributed by atoms with van der Waals surface area (Å²) in [6.07, 6.45) is 0. The molecule has 1 fully saturated rings. The van der Waals surface area contributed by atoms with Crippen LogP contribution in [0.25, 0.3) is 0 Å². The van der Waals surface area contributed by atoms with Gasteiger partial charge in [-0.05, 0) is 23.8 Å². The molecule has 0 bridgehead atoms. The summed E-state index contributed by atoms with van der Waals surface area (Å²) in [6.45, 7) is 3.59. The Bertz CT molecular complexity index is 729. The minimum Gasteiger partial charge on any atom is -0.493 e. The number of methoxy groups -OCH3 is 1. The van der Waals surface area contributed by atoms with Crippen LogP contribution in [-0.4, -0.2) is 45.9 Å². The summed E-state index contributed by atoms with van der Waals surface area (Å²) in [7, 11) is 1.57. The number of hydrogen-bond acceptors (Lipinski definition) is 5. The number of hydrogen-bond donors (Lipinski definition) is 1. The number of amides is 1. The van der Waals surface area contributed by atoms with E-state index < -0.39 is 0 Å². The highest BCUT2D eigenvalue weighted by Crippen LogP contribution is 2.25. The molecule has 3 rings (SSSR count).